The minimum Gasteiger partial charge on any atom is -0.378 e. The van der Waals surface area contributed by atoms with Crippen molar-refractivity contribution in [3.05, 3.63) is 35.9 Å². The zero-order valence-electron chi connectivity index (χ0n) is 20.1. The van der Waals surface area contributed by atoms with Gasteiger partial charge in [-0.25, -0.2) is 9.97 Å². The van der Waals surface area contributed by atoms with E-state index in [4.69, 9.17) is 24.7 Å². The van der Waals surface area contributed by atoms with Crippen LogP contribution in [0.2, 0.25) is 0 Å². The highest BCUT2D eigenvalue weighted by atomic mass is 16.5. The third kappa shape index (κ3) is 4.18. The van der Waals surface area contributed by atoms with Gasteiger partial charge in [-0.1, -0.05) is 32.9 Å². The van der Waals surface area contributed by atoms with Crippen molar-refractivity contribution in [3.8, 4) is 5.95 Å². The maximum Gasteiger partial charge on any atom is 0.239 e. The van der Waals surface area contributed by atoms with E-state index in [1.54, 1.807) is 0 Å². The SMILES string of the molecule is Cc1nc2ccccc2n1-c1nc(N2CCOCC2)c2nc(CNCC(C)(C)C)n(C)c2n1. The first-order chi connectivity index (χ1) is 15.8. The molecular formula is C24H32N8O. The second-order valence-electron chi connectivity index (χ2n) is 9.85. The van der Waals surface area contributed by atoms with Crippen LogP contribution in [0.1, 0.15) is 32.4 Å². The van der Waals surface area contributed by atoms with Crippen LogP contribution in [-0.4, -0.2) is 61.9 Å². The maximum absolute atomic E-state index is 5.59. The molecule has 1 fully saturated rings. The van der Waals surface area contributed by atoms with Crippen LogP contribution in [0, 0.1) is 12.3 Å². The number of hydrogen-bond donors (Lipinski definition) is 1. The summed E-state index contributed by atoms with van der Waals surface area (Å²) < 4.78 is 9.70. The van der Waals surface area contributed by atoms with Crippen LogP contribution in [0.3, 0.4) is 0 Å². The zero-order chi connectivity index (χ0) is 23.2. The van der Waals surface area contributed by atoms with Crippen molar-refractivity contribution >= 4 is 28.0 Å². The molecule has 1 aliphatic rings. The standard InChI is InChI=1S/C24H32N8O/c1-16-26-17-8-6-7-9-18(17)32(16)23-28-21-20(22(29-23)31-10-12-33-13-11-31)27-19(30(21)5)14-25-15-24(2,3)4/h6-9,25H,10-15H2,1-5H3. The predicted molar refractivity (Wildman–Crippen MR) is 130 cm³/mol. The number of anilines is 1. The quantitative estimate of drug-likeness (QED) is 0.502. The molecule has 0 radical (unpaired) electrons. The number of fused-ring (bicyclic) bond motifs is 2. The van der Waals surface area contributed by atoms with Gasteiger partial charge in [0.25, 0.3) is 0 Å². The fourth-order valence-electron chi connectivity index (χ4n) is 4.28. The van der Waals surface area contributed by atoms with Gasteiger partial charge in [0.05, 0.1) is 30.8 Å². The summed E-state index contributed by atoms with van der Waals surface area (Å²) >= 11 is 0. The number of hydrogen-bond acceptors (Lipinski definition) is 7. The summed E-state index contributed by atoms with van der Waals surface area (Å²) in [5, 5.41) is 3.54. The lowest BCUT2D eigenvalue weighted by atomic mass is 9.97. The van der Waals surface area contributed by atoms with E-state index in [1.807, 2.05) is 36.7 Å². The summed E-state index contributed by atoms with van der Waals surface area (Å²) in [7, 11) is 2.03. The molecule has 0 saturated carbocycles. The van der Waals surface area contributed by atoms with Crippen molar-refractivity contribution in [1.82, 2.24) is 34.4 Å². The third-order valence-electron chi connectivity index (χ3n) is 5.96. The van der Waals surface area contributed by atoms with Gasteiger partial charge in [-0.2, -0.15) is 9.97 Å². The molecule has 0 atom stereocenters. The lowest BCUT2D eigenvalue weighted by molar-refractivity contribution is 0.122. The number of imidazole rings is 2. The van der Waals surface area contributed by atoms with E-state index in [0.717, 1.165) is 59.3 Å². The van der Waals surface area contributed by atoms with Gasteiger partial charge in [0.1, 0.15) is 11.6 Å². The van der Waals surface area contributed by atoms with Crippen LogP contribution < -0.4 is 10.2 Å². The van der Waals surface area contributed by atoms with Crippen LogP contribution >= 0.6 is 0 Å². The highest BCUT2D eigenvalue weighted by Crippen LogP contribution is 2.28. The zero-order valence-corrected chi connectivity index (χ0v) is 20.1. The smallest absolute Gasteiger partial charge is 0.239 e. The number of aromatic nitrogens is 6. The van der Waals surface area contributed by atoms with Crippen LogP contribution in [-0.2, 0) is 18.3 Å². The van der Waals surface area contributed by atoms with Crippen LogP contribution in [0.4, 0.5) is 5.82 Å². The maximum atomic E-state index is 5.59. The Labute approximate surface area is 193 Å². The second-order valence-corrected chi connectivity index (χ2v) is 9.85. The first-order valence-electron chi connectivity index (χ1n) is 11.5. The van der Waals surface area contributed by atoms with Crippen molar-refractivity contribution in [1.29, 1.82) is 0 Å². The summed E-state index contributed by atoms with van der Waals surface area (Å²) in [5.41, 5.74) is 3.79. The average molecular weight is 449 g/mol. The lowest BCUT2D eigenvalue weighted by Gasteiger charge is -2.28. The summed E-state index contributed by atoms with van der Waals surface area (Å²) in [4.78, 5) is 22.0. The molecule has 4 aromatic rings. The number of nitrogens with one attached hydrogen (secondary N) is 1. The molecule has 0 aliphatic carbocycles. The highest BCUT2D eigenvalue weighted by Gasteiger charge is 2.24. The van der Waals surface area contributed by atoms with Gasteiger partial charge < -0.3 is 19.5 Å². The Bertz CT molecular complexity index is 1290. The van der Waals surface area contributed by atoms with E-state index in [0.29, 0.717) is 25.7 Å². The van der Waals surface area contributed by atoms with E-state index < -0.39 is 0 Å². The first kappa shape index (κ1) is 21.8. The fourth-order valence-corrected chi connectivity index (χ4v) is 4.28. The Kier molecular flexibility index (Phi) is 5.54. The number of rotatable bonds is 5. The monoisotopic (exact) mass is 448 g/mol. The minimum absolute atomic E-state index is 0.205. The molecule has 0 amide bonds. The molecule has 0 unspecified atom stereocenters. The van der Waals surface area contributed by atoms with Crippen molar-refractivity contribution in [2.45, 2.75) is 34.2 Å². The molecular weight excluding hydrogens is 416 g/mol. The van der Waals surface area contributed by atoms with Gasteiger partial charge in [0.15, 0.2) is 17.0 Å². The molecule has 1 N–H and O–H groups in total. The molecule has 9 nitrogen and oxygen atoms in total. The van der Waals surface area contributed by atoms with Gasteiger partial charge in [0.2, 0.25) is 5.95 Å². The number of para-hydroxylation sites is 2. The Balaban J connectivity index is 1.65. The van der Waals surface area contributed by atoms with E-state index in [9.17, 15) is 0 Å². The second kappa shape index (κ2) is 8.39. The Hall–Kier alpha value is -3.04. The molecule has 4 heterocycles. The Morgan fingerprint density at radius 2 is 1.79 bits per heavy atom. The summed E-state index contributed by atoms with van der Waals surface area (Å²) in [5.74, 6) is 3.28. The molecule has 0 bridgehead atoms. The van der Waals surface area contributed by atoms with Crippen LogP contribution in [0.5, 0.6) is 0 Å². The van der Waals surface area contributed by atoms with Crippen LogP contribution in [0.25, 0.3) is 28.1 Å². The fraction of sp³-hybridized carbons (Fsp3) is 0.500. The van der Waals surface area contributed by atoms with Gasteiger partial charge in [-0.15, -0.1) is 0 Å². The third-order valence-corrected chi connectivity index (χ3v) is 5.96. The highest BCUT2D eigenvalue weighted by molar-refractivity contribution is 5.86. The molecule has 1 aliphatic heterocycles. The summed E-state index contributed by atoms with van der Waals surface area (Å²) in [6.07, 6.45) is 0. The summed E-state index contributed by atoms with van der Waals surface area (Å²) in [6.45, 7) is 13.2. The largest absolute Gasteiger partial charge is 0.378 e. The molecule has 0 spiro atoms. The average Bonchev–Trinajstić information content (AvgIpc) is 3.29. The van der Waals surface area contributed by atoms with E-state index in [1.165, 1.54) is 0 Å². The normalized spacial score (nSPS) is 15.1. The molecule has 33 heavy (non-hydrogen) atoms. The van der Waals surface area contributed by atoms with Crippen LogP contribution in [0.15, 0.2) is 24.3 Å². The number of aryl methyl sites for hydroxylation is 2. The van der Waals surface area contributed by atoms with Crippen molar-refractivity contribution in [2.24, 2.45) is 12.5 Å². The minimum atomic E-state index is 0.205. The van der Waals surface area contributed by atoms with Gasteiger partial charge in [-0.05, 0) is 24.5 Å². The van der Waals surface area contributed by atoms with Gasteiger partial charge >= 0.3 is 0 Å². The number of nitrogens with zero attached hydrogens (tertiary/aromatic N) is 7. The van der Waals surface area contributed by atoms with Gasteiger partial charge in [0, 0.05) is 26.7 Å². The van der Waals surface area contributed by atoms with Crippen molar-refractivity contribution < 1.29 is 4.74 Å². The topological polar surface area (TPSA) is 85.9 Å². The first-order valence-corrected chi connectivity index (χ1v) is 11.5. The predicted octanol–water partition coefficient (Wildman–Crippen LogP) is 2.98. The Morgan fingerprint density at radius 3 is 2.55 bits per heavy atom. The van der Waals surface area contributed by atoms with Crippen molar-refractivity contribution in [2.75, 3.05) is 37.7 Å². The molecule has 9 heteroatoms. The summed E-state index contributed by atoms with van der Waals surface area (Å²) in [6, 6.07) is 8.09. The molecule has 1 aromatic carbocycles. The Morgan fingerprint density at radius 1 is 1.03 bits per heavy atom. The van der Waals surface area contributed by atoms with Gasteiger partial charge in [-0.3, -0.25) is 4.57 Å². The number of ether oxygens (including phenoxy) is 1. The molecule has 5 rings (SSSR count). The molecule has 1 saturated heterocycles. The molecule has 3 aromatic heterocycles. The number of morpholine rings is 1. The van der Waals surface area contributed by atoms with E-state index in [-0.39, 0.29) is 5.41 Å². The van der Waals surface area contributed by atoms with E-state index in [2.05, 4.69) is 41.6 Å². The lowest BCUT2D eigenvalue weighted by Crippen LogP contribution is -2.37. The van der Waals surface area contributed by atoms with Crippen molar-refractivity contribution in [3.63, 3.8) is 0 Å². The van der Waals surface area contributed by atoms with E-state index >= 15 is 0 Å². The number of benzene rings is 1. The molecule has 174 valence electrons.